The summed E-state index contributed by atoms with van der Waals surface area (Å²) in [4.78, 5) is 24.2. The van der Waals surface area contributed by atoms with Crippen molar-refractivity contribution in [2.75, 3.05) is 0 Å². The molecular formula is C15H20BrNO3. The molecule has 4 nitrogen and oxygen atoms in total. The molecule has 1 atom stereocenters. The summed E-state index contributed by atoms with van der Waals surface area (Å²) in [6.07, 6.45) is 7.55. The third kappa shape index (κ3) is 3.72. The van der Waals surface area contributed by atoms with Crippen LogP contribution in [-0.4, -0.2) is 16.6 Å². The Morgan fingerprint density at radius 1 is 1.40 bits per heavy atom. The molecule has 1 fully saturated rings. The standard InChI is InChI=1S/C15H20BrNO3/c1-2-13(17-10-11(16)8-9-14(17)18)15(19)20-12-6-4-3-5-7-12/h8-10,12-13H,2-7H2,1H3. The fourth-order valence-corrected chi connectivity index (χ4v) is 2.98. The first-order chi connectivity index (χ1) is 9.61. The third-order valence-corrected chi connectivity index (χ3v) is 4.20. The average molecular weight is 342 g/mol. The summed E-state index contributed by atoms with van der Waals surface area (Å²) in [5, 5.41) is 0. The van der Waals surface area contributed by atoms with Crippen LogP contribution < -0.4 is 5.56 Å². The van der Waals surface area contributed by atoms with Crippen LogP contribution in [0.1, 0.15) is 51.5 Å². The lowest BCUT2D eigenvalue weighted by atomic mass is 9.98. The lowest BCUT2D eigenvalue weighted by Gasteiger charge is -2.25. The summed E-state index contributed by atoms with van der Waals surface area (Å²) < 4.78 is 7.81. The van der Waals surface area contributed by atoms with Gasteiger partial charge in [-0.1, -0.05) is 13.3 Å². The Bertz CT molecular complexity index is 520. The molecule has 0 saturated heterocycles. The van der Waals surface area contributed by atoms with E-state index in [0.29, 0.717) is 6.42 Å². The molecule has 2 rings (SSSR count). The van der Waals surface area contributed by atoms with Gasteiger partial charge in [0, 0.05) is 16.7 Å². The molecule has 1 unspecified atom stereocenters. The van der Waals surface area contributed by atoms with Crippen molar-refractivity contribution in [1.82, 2.24) is 4.57 Å². The van der Waals surface area contributed by atoms with E-state index in [2.05, 4.69) is 15.9 Å². The lowest BCUT2D eigenvalue weighted by Crippen LogP contribution is -2.32. The zero-order chi connectivity index (χ0) is 14.5. The summed E-state index contributed by atoms with van der Waals surface area (Å²) in [5.74, 6) is -0.292. The van der Waals surface area contributed by atoms with E-state index < -0.39 is 6.04 Å². The molecule has 0 amide bonds. The van der Waals surface area contributed by atoms with Crippen LogP contribution >= 0.6 is 15.9 Å². The highest BCUT2D eigenvalue weighted by Gasteiger charge is 2.25. The third-order valence-electron chi connectivity index (χ3n) is 3.73. The molecule has 20 heavy (non-hydrogen) atoms. The molecule has 0 bridgehead atoms. The molecule has 1 heterocycles. The molecule has 110 valence electrons. The molecule has 0 N–H and O–H groups in total. The van der Waals surface area contributed by atoms with E-state index in [-0.39, 0.29) is 17.6 Å². The van der Waals surface area contributed by atoms with E-state index >= 15 is 0 Å². The first kappa shape index (κ1) is 15.3. The van der Waals surface area contributed by atoms with Crippen LogP contribution in [0.15, 0.2) is 27.6 Å². The maximum atomic E-state index is 12.3. The summed E-state index contributed by atoms with van der Waals surface area (Å²) in [6, 6.07) is 2.60. The molecule has 1 aliphatic rings. The molecule has 0 radical (unpaired) electrons. The Hall–Kier alpha value is -1.10. The molecule has 0 aliphatic heterocycles. The zero-order valence-electron chi connectivity index (χ0n) is 11.7. The molecule has 1 aliphatic carbocycles. The second kappa shape index (κ2) is 7.07. The number of halogens is 1. The Morgan fingerprint density at radius 3 is 2.75 bits per heavy atom. The molecule has 5 heteroatoms. The fraction of sp³-hybridized carbons (Fsp3) is 0.600. The SMILES string of the molecule is CCC(C(=O)OC1CCCCC1)n1cc(Br)ccc1=O. The minimum atomic E-state index is -0.540. The number of hydrogen-bond donors (Lipinski definition) is 0. The summed E-state index contributed by atoms with van der Waals surface area (Å²) >= 11 is 3.33. The summed E-state index contributed by atoms with van der Waals surface area (Å²) in [5.41, 5.74) is -0.180. The van der Waals surface area contributed by atoms with Crippen LogP contribution in [0.3, 0.4) is 0 Å². The van der Waals surface area contributed by atoms with E-state index in [0.717, 1.165) is 30.2 Å². The van der Waals surface area contributed by atoms with Crippen molar-refractivity contribution in [3.63, 3.8) is 0 Å². The van der Waals surface area contributed by atoms with E-state index in [1.54, 1.807) is 12.3 Å². The van der Waals surface area contributed by atoms with Gasteiger partial charge in [-0.05, 0) is 54.1 Å². The van der Waals surface area contributed by atoms with Crippen molar-refractivity contribution in [3.05, 3.63) is 33.2 Å². The van der Waals surface area contributed by atoms with Gasteiger partial charge in [0.2, 0.25) is 0 Å². The van der Waals surface area contributed by atoms with Gasteiger partial charge in [0.15, 0.2) is 0 Å². The first-order valence-electron chi connectivity index (χ1n) is 7.20. The van der Waals surface area contributed by atoms with Gasteiger partial charge < -0.3 is 9.30 Å². The number of esters is 1. The maximum absolute atomic E-state index is 12.3. The molecule has 1 aromatic heterocycles. The molecule has 1 aromatic rings. The van der Waals surface area contributed by atoms with Crippen molar-refractivity contribution in [2.45, 2.75) is 57.6 Å². The second-order valence-corrected chi connectivity index (χ2v) is 6.13. The van der Waals surface area contributed by atoms with Gasteiger partial charge in [0.05, 0.1) is 0 Å². The van der Waals surface area contributed by atoms with Gasteiger partial charge in [-0.3, -0.25) is 4.79 Å². The van der Waals surface area contributed by atoms with E-state index in [9.17, 15) is 9.59 Å². The van der Waals surface area contributed by atoms with Crippen LogP contribution in [0.25, 0.3) is 0 Å². The molecular weight excluding hydrogens is 322 g/mol. The van der Waals surface area contributed by atoms with Crippen molar-refractivity contribution in [3.8, 4) is 0 Å². The number of rotatable bonds is 4. The highest BCUT2D eigenvalue weighted by molar-refractivity contribution is 9.10. The number of pyridine rings is 1. The highest BCUT2D eigenvalue weighted by Crippen LogP contribution is 2.23. The normalized spacial score (nSPS) is 17.7. The highest BCUT2D eigenvalue weighted by atomic mass is 79.9. The Labute approximate surface area is 127 Å². The summed E-state index contributed by atoms with van der Waals surface area (Å²) in [6.45, 7) is 1.89. The van der Waals surface area contributed by atoms with Crippen LogP contribution in [0.4, 0.5) is 0 Å². The molecule has 0 spiro atoms. The fourth-order valence-electron chi connectivity index (χ4n) is 2.62. The predicted octanol–water partition coefficient (Wildman–Crippen LogP) is 3.44. The Balaban J connectivity index is 2.12. The van der Waals surface area contributed by atoms with Crippen LogP contribution in [0.5, 0.6) is 0 Å². The van der Waals surface area contributed by atoms with Gasteiger partial charge in [-0.25, -0.2) is 4.79 Å². The maximum Gasteiger partial charge on any atom is 0.329 e. The Kier molecular flexibility index (Phi) is 5.40. The topological polar surface area (TPSA) is 48.3 Å². The van der Waals surface area contributed by atoms with E-state index in [1.165, 1.54) is 17.1 Å². The van der Waals surface area contributed by atoms with Gasteiger partial charge >= 0.3 is 5.97 Å². The first-order valence-corrected chi connectivity index (χ1v) is 7.99. The van der Waals surface area contributed by atoms with Crippen molar-refractivity contribution in [2.24, 2.45) is 0 Å². The smallest absolute Gasteiger partial charge is 0.329 e. The monoisotopic (exact) mass is 341 g/mol. The Morgan fingerprint density at radius 2 is 2.10 bits per heavy atom. The number of carbonyl (C=O) groups excluding carboxylic acids is 1. The van der Waals surface area contributed by atoms with Crippen LogP contribution in [0.2, 0.25) is 0 Å². The van der Waals surface area contributed by atoms with E-state index in [1.807, 2.05) is 6.92 Å². The lowest BCUT2D eigenvalue weighted by molar-refractivity contribution is -0.154. The van der Waals surface area contributed by atoms with Gasteiger partial charge in [-0.2, -0.15) is 0 Å². The van der Waals surface area contributed by atoms with Crippen LogP contribution in [-0.2, 0) is 9.53 Å². The van der Waals surface area contributed by atoms with Crippen molar-refractivity contribution < 1.29 is 9.53 Å². The summed E-state index contributed by atoms with van der Waals surface area (Å²) in [7, 11) is 0. The largest absolute Gasteiger partial charge is 0.461 e. The van der Waals surface area contributed by atoms with E-state index in [4.69, 9.17) is 4.74 Å². The van der Waals surface area contributed by atoms with Gasteiger partial charge in [0.25, 0.3) is 5.56 Å². The van der Waals surface area contributed by atoms with Crippen molar-refractivity contribution >= 4 is 21.9 Å². The quantitative estimate of drug-likeness (QED) is 0.788. The van der Waals surface area contributed by atoms with Crippen molar-refractivity contribution in [1.29, 1.82) is 0 Å². The van der Waals surface area contributed by atoms with Gasteiger partial charge in [0.1, 0.15) is 12.1 Å². The number of aromatic nitrogens is 1. The minimum Gasteiger partial charge on any atom is -0.461 e. The molecule has 1 saturated carbocycles. The number of nitrogens with zero attached hydrogens (tertiary/aromatic N) is 1. The number of carbonyl (C=O) groups is 1. The number of ether oxygens (including phenoxy) is 1. The minimum absolute atomic E-state index is 0.0214. The van der Waals surface area contributed by atoms with Gasteiger partial charge in [-0.15, -0.1) is 0 Å². The predicted molar refractivity (Wildman–Crippen MR) is 80.7 cm³/mol. The number of hydrogen-bond acceptors (Lipinski definition) is 3. The molecule has 0 aromatic carbocycles. The van der Waals surface area contributed by atoms with Crippen LogP contribution in [0, 0.1) is 0 Å². The zero-order valence-corrected chi connectivity index (χ0v) is 13.3. The second-order valence-electron chi connectivity index (χ2n) is 5.21. The average Bonchev–Trinajstić information content (AvgIpc) is 2.44.